The number of hydrogen-bond donors (Lipinski definition) is 4. The largest absolute Gasteiger partial charge is 0.453 e. The van der Waals surface area contributed by atoms with Crippen LogP contribution in [0.3, 0.4) is 0 Å². The summed E-state index contributed by atoms with van der Waals surface area (Å²) < 4.78 is 38.0. The first-order chi connectivity index (χ1) is 23.2. The standard InChI is InChI=1S/C36H38N4O7S/c1-46-36(43)39-33(32(26-14-5-2-6-15-26)27-16-7-3-8-17-27)35(42)38-30-20-12-11-13-25(30)21-22-28-23-37-31(24-47-28)34(41)40-48(44,45)29-18-9-4-10-19-29/h2-20,28,31-33,37H,21-24H2,1H3,(H,38,42)(H,39,43)(H,40,41). The van der Waals surface area contributed by atoms with Gasteiger partial charge in [-0.1, -0.05) is 97.1 Å². The van der Waals surface area contributed by atoms with Crippen molar-refractivity contribution in [2.45, 2.75) is 41.8 Å². The molecule has 12 heteroatoms. The van der Waals surface area contributed by atoms with Gasteiger partial charge in [0.25, 0.3) is 15.9 Å². The number of carbonyl (C=O) groups is 3. The van der Waals surface area contributed by atoms with Gasteiger partial charge in [0, 0.05) is 18.2 Å². The Hall–Kier alpha value is -5.04. The van der Waals surface area contributed by atoms with E-state index in [-0.39, 0.29) is 17.6 Å². The highest BCUT2D eigenvalue weighted by molar-refractivity contribution is 7.90. The average molecular weight is 671 g/mol. The molecule has 3 amide bonds. The molecule has 0 aromatic heterocycles. The summed E-state index contributed by atoms with van der Waals surface area (Å²) in [5, 5.41) is 8.87. The molecule has 48 heavy (non-hydrogen) atoms. The molecular weight excluding hydrogens is 632 g/mol. The Morgan fingerprint density at radius 1 is 0.854 bits per heavy atom. The first kappa shape index (κ1) is 34.3. The van der Waals surface area contributed by atoms with Gasteiger partial charge in [-0.25, -0.2) is 17.9 Å². The second-order valence-electron chi connectivity index (χ2n) is 11.3. The van der Waals surface area contributed by atoms with Crippen LogP contribution in [-0.2, 0) is 35.5 Å². The number of para-hydroxylation sites is 1. The van der Waals surface area contributed by atoms with Crippen LogP contribution < -0.4 is 20.7 Å². The zero-order valence-electron chi connectivity index (χ0n) is 26.4. The monoisotopic (exact) mass is 670 g/mol. The van der Waals surface area contributed by atoms with Gasteiger partial charge in [0.2, 0.25) is 5.91 Å². The summed E-state index contributed by atoms with van der Waals surface area (Å²) in [6.45, 7) is 0.333. The second kappa shape index (κ2) is 16.2. The fourth-order valence-corrected chi connectivity index (χ4v) is 6.65. The molecule has 250 valence electrons. The van der Waals surface area contributed by atoms with Crippen molar-refractivity contribution in [1.82, 2.24) is 15.4 Å². The van der Waals surface area contributed by atoms with E-state index in [1.165, 1.54) is 19.2 Å². The molecule has 1 fully saturated rings. The number of sulfonamides is 1. The van der Waals surface area contributed by atoms with Gasteiger partial charge in [-0.05, 0) is 47.7 Å². The number of nitrogens with one attached hydrogen (secondary N) is 4. The fourth-order valence-electron chi connectivity index (χ4n) is 5.61. The van der Waals surface area contributed by atoms with Gasteiger partial charge in [0.05, 0.1) is 24.7 Å². The molecule has 11 nitrogen and oxygen atoms in total. The number of aryl methyl sites for hydroxylation is 1. The summed E-state index contributed by atoms with van der Waals surface area (Å²) >= 11 is 0. The molecule has 0 aliphatic carbocycles. The van der Waals surface area contributed by atoms with Gasteiger partial charge < -0.3 is 25.4 Å². The highest BCUT2D eigenvalue weighted by Gasteiger charge is 2.34. The van der Waals surface area contributed by atoms with Crippen LogP contribution in [0.15, 0.2) is 120 Å². The number of rotatable bonds is 12. The summed E-state index contributed by atoms with van der Waals surface area (Å²) in [4.78, 5) is 39.2. The summed E-state index contributed by atoms with van der Waals surface area (Å²) in [7, 11) is -2.74. The molecule has 1 aliphatic rings. The SMILES string of the molecule is COC(=O)NC(C(=O)Nc1ccccc1CCC1CNC(C(=O)NS(=O)(=O)c2ccccc2)CO1)C(c1ccccc1)c1ccccc1. The molecule has 0 radical (unpaired) electrons. The Balaban J connectivity index is 1.23. The molecule has 4 aromatic carbocycles. The zero-order valence-corrected chi connectivity index (χ0v) is 27.2. The maximum Gasteiger partial charge on any atom is 0.407 e. The molecule has 4 N–H and O–H groups in total. The molecular formula is C36H38N4O7S. The molecule has 3 atom stereocenters. The van der Waals surface area contributed by atoms with Crippen LogP contribution in [0.1, 0.15) is 29.0 Å². The molecule has 0 bridgehead atoms. The van der Waals surface area contributed by atoms with Crippen molar-refractivity contribution in [2.24, 2.45) is 0 Å². The van der Waals surface area contributed by atoms with Crippen molar-refractivity contribution in [2.75, 3.05) is 25.6 Å². The van der Waals surface area contributed by atoms with E-state index in [4.69, 9.17) is 9.47 Å². The quantitative estimate of drug-likeness (QED) is 0.177. The molecule has 0 saturated carbocycles. The van der Waals surface area contributed by atoms with Gasteiger partial charge in [0.15, 0.2) is 0 Å². The number of hydrogen-bond acceptors (Lipinski definition) is 8. The van der Waals surface area contributed by atoms with Crippen LogP contribution in [0.4, 0.5) is 10.5 Å². The number of carbonyl (C=O) groups excluding carboxylic acids is 3. The number of morpholine rings is 1. The fraction of sp³-hybridized carbons (Fsp3) is 0.250. The van der Waals surface area contributed by atoms with Crippen molar-refractivity contribution in [3.63, 3.8) is 0 Å². The summed E-state index contributed by atoms with van der Waals surface area (Å²) in [6.07, 6.45) is 0.124. The van der Waals surface area contributed by atoms with E-state index in [0.29, 0.717) is 25.1 Å². The smallest absolute Gasteiger partial charge is 0.407 e. The van der Waals surface area contributed by atoms with Crippen LogP contribution in [0.5, 0.6) is 0 Å². The van der Waals surface area contributed by atoms with E-state index in [1.54, 1.807) is 24.3 Å². The molecule has 0 spiro atoms. The lowest BCUT2D eigenvalue weighted by atomic mass is 9.84. The van der Waals surface area contributed by atoms with Crippen LogP contribution in [0, 0.1) is 0 Å². The Labute approximate surface area is 280 Å². The third-order valence-corrected chi connectivity index (χ3v) is 9.46. The molecule has 1 aliphatic heterocycles. The summed E-state index contributed by atoms with van der Waals surface area (Å²) in [6, 6.07) is 32.2. The van der Waals surface area contributed by atoms with Crippen molar-refractivity contribution in [1.29, 1.82) is 0 Å². The van der Waals surface area contributed by atoms with Gasteiger partial charge in [-0.3, -0.25) is 9.59 Å². The van der Waals surface area contributed by atoms with Crippen molar-refractivity contribution < 1.29 is 32.3 Å². The van der Waals surface area contributed by atoms with Crippen LogP contribution in [-0.4, -0.2) is 64.8 Å². The third-order valence-electron chi connectivity index (χ3n) is 8.10. The second-order valence-corrected chi connectivity index (χ2v) is 13.0. The predicted molar refractivity (Wildman–Crippen MR) is 181 cm³/mol. The van der Waals surface area contributed by atoms with Gasteiger partial charge in [0.1, 0.15) is 12.1 Å². The highest BCUT2D eigenvalue weighted by Crippen LogP contribution is 2.30. The molecule has 5 rings (SSSR count). The molecule has 4 aromatic rings. The lowest BCUT2D eigenvalue weighted by Gasteiger charge is -2.30. The molecule has 3 unspecified atom stereocenters. The van der Waals surface area contributed by atoms with Crippen molar-refractivity contribution >= 4 is 33.6 Å². The minimum Gasteiger partial charge on any atom is -0.453 e. The molecule has 1 heterocycles. The van der Waals surface area contributed by atoms with Crippen molar-refractivity contribution in [3.05, 3.63) is 132 Å². The summed E-state index contributed by atoms with van der Waals surface area (Å²) in [5.41, 5.74) is 3.14. The normalized spacial score (nSPS) is 16.8. The predicted octanol–water partition coefficient (Wildman–Crippen LogP) is 3.98. The number of benzene rings is 4. The van der Waals surface area contributed by atoms with Gasteiger partial charge in [-0.15, -0.1) is 0 Å². The van der Waals surface area contributed by atoms with Crippen molar-refractivity contribution in [3.8, 4) is 0 Å². The number of anilines is 1. The van der Waals surface area contributed by atoms with E-state index in [9.17, 15) is 22.8 Å². The Morgan fingerprint density at radius 3 is 2.02 bits per heavy atom. The number of alkyl carbamates (subject to hydrolysis) is 1. The van der Waals surface area contributed by atoms with E-state index >= 15 is 0 Å². The van der Waals surface area contributed by atoms with Crippen LogP contribution in [0.2, 0.25) is 0 Å². The number of ether oxygens (including phenoxy) is 2. The Bertz CT molecular complexity index is 1740. The van der Waals surface area contributed by atoms with E-state index in [2.05, 4.69) is 20.7 Å². The van der Waals surface area contributed by atoms with E-state index in [1.807, 2.05) is 78.9 Å². The minimum absolute atomic E-state index is 0.000427. The third kappa shape index (κ3) is 8.85. The Kier molecular flexibility index (Phi) is 11.6. The minimum atomic E-state index is -3.99. The first-order valence-electron chi connectivity index (χ1n) is 15.5. The highest BCUT2D eigenvalue weighted by atomic mass is 32.2. The number of methoxy groups -OCH3 is 1. The maximum absolute atomic E-state index is 14.0. The average Bonchev–Trinajstić information content (AvgIpc) is 3.12. The van der Waals surface area contributed by atoms with Crippen LogP contribution >= 0.6 is 0 Å². The van der Waals surface area contributed by atoms with E-state index < -0.39 is 45.9 Å². The lowest BCUT2D eigenvalue weighted by Crippen LogP contribution is -2.54. The summed E-state index contributed by atoms with van der Waals surface area (Å²) in [5.74, 6) is -1.61. The van der Waals surface area contributed by atoms with E-state index in [0.717, 1.165) is 16.7 Å². The van der Waals surface area contributed by atoms with Gasteiger partial charge >= 0.3 is 6.09 Å². The van der Waals surface area contributed by atoms with Gasteiger partial charge in [-0.2, -0.15) is 0 Å². The maximum atomic E-state index is 14.0. The lowest BCUT2D eigenvalue weighted by molar-refractivity contribution is -0.125. The Morgan fingerprint density at radius 2 is 1.44 bits per heavy atom. The topological polar surface area (TPSA) is 152 Å². The first-order valence-corrected chi connectivity index (χ1v) is 17.0. The van der Waals surface area contributed by atoms with Crippen LogP contribution in [0.25, 0.3) is 0 Å². The number of amides is 3. The molecule has 1 saturated heterocycles. The zero-order chi connectivity index (χ0) is 33.9.